The average Bonchev–Trinajstić information content (AvgIpc) is 2.63. The number of Topliss-reactive ketones (excluding diaryl/α,β-unsaturated/α-hetero) is 1. The van der Waals surface area contributed by atoms with Gasteiger partial charge in [0.25, 0.3) is 5.91 Å². The topological polar surface area (TPSA) is 42.3 Å². The number of carbonyl (C=O) groups is 2. The monoisotopic (exact) mass is 206 g/mol. The van der Waals surface area contributed by atoms with Gasteiger partial charge in [0.05, 0.1) is 11.3 Å². The number of amides is 1. The quantitative estimate of drug-likeness (QED) is 0.692. The maximum Gasteiger partial charge on any atom is 0.255 e. The number of hydrogen-bond donors (Lipinski definition) is 0. The summed E-state index contributed by atoms with van der Waals surface area (Å²) in [6, 6.07) is 1.74. The zero-order valence-corrected chi connectivity index (χ0v) is 8.99. The molecule has 80 valence electrons. The molecule has 0 aromatic carbocycles. The molecule has 0 saturated heterocycles. The van der Waals surface area contributed by atoms with Crippen LogP contribution >= 0.6 is 0 Å². The van der Waals surface area contributed by atoms with E-state index in [1.807, 2.05) is 11.5 Å². The first-order chi connectivity index (χ1) is 7.15. The fraction of sp³-hybridized carbons (Fsp3) is 0.455. The highest BCUT2D eigenvalue weighted by molar-refractivity contribution is 6.08. The van der Waals surface area contributed by atoms with E-state index in [9.17, 15) is 9.59 Å². The van der Waals surface area contributed by atoms with Crippen LogP contribution in [0.1, 0.15) is 34.2 Å². The summed E-state index contributed by atoms with van der Waals surface area (Å²) in [7, 11) is 1.73. The van der Waals surface area contributed by atoms with Crippen LogP contribution in [0.25, 0.3) is 0 Å². The van der Waals surface area contributed by atoms with E-state index in [4.69, 9.17) is 0 Å². The Morgan fingerprint density at radius 3 is 2.80 bits per heavy atom. The number of hydrogen-bond acceptors (Lipinski definition) is 2. The molecule has 2 heterocycles. The molecule has 4 heteroatoms. The van der Waals surface area contributed by atoms with Crippen molar-refractivity contribution in [2.75, 3.05) is 13.6 Å². The molecule has 2 rings (SSSR count). The van der Waals surface area contributed by atoms with Crippen LogP contribution in [-0.4, -0.2) is 34.7 Å². The summed E-state index contributed by atoms with van der Waals surface area (Å²) in [6.07, 6.45) is 2.22. The van der Waals surface area contributed by atoms with Crippen molar-refractivity contribution in [2.45, 2.75) is 19.9 Å². The number of nitrogens with zero attached hydrogens (tertiary/aromatic N) is 2. The third kappa shape index (κ3) is 1.46. The molecular weight excluding hydrogens is 192 g/mol. The van der Waals surface area contributed by atoms with Gasteiger partial charge in [-0.2, -0.15) is 0 Å². The summed E-state index contributed by atoms with van der Waals surface area (Å²) in [6.45, 7) is 3.20. The van der Waals surface area contributed by atoms with Crippen molar-refractivity contribution in [1.82, 2.24) is 9.47 Å². The second kappa shape index (κ2) is 3.53. The highest BCUT2D eigenvalue weighted by Crippen LogP contribution is 2.19. The van der Waals surface area contributed by atoms with Crippen molar-refractivity contribution in [1.29, 1.82) is 0 Å². The molecule has 1 aliphatic heterocycles. The van der Waals surface area contributed by atoms with Crippen molar-refractivity contribution in [2.24, 2.45) is 0 Å². The molecule has 0 spiro atoms. The van der Waals surface area contributed by atoms with Gasteiger partial charge in [-0.15, -0.1) is 0 Å². The molecule has 0 unspecified atom stereocenters. The summed E-state index contributed by atoms with van der Waals surface area (Å²) in [5.74, 6) is 0.0117. The average molecular weight is 206 g/mol. The lowest BCUT2D eigenvalue weighted by molar-refractivity contribution is 0.0798. The lowest BCUT2D eigenvalue weighted by Crippen LogP contribution is -2.26. The van der Waals surface area contributed by atoms with Gasteiger partial charge in [-0.05, 0) is 13.0 Å². The number of fused-ring (bicyclic) bond motifs is 1. The molecular formula is C11H14N2O2. The molecule has 1 amide bonds. The van der Waals surface area contributed by atoms with E-state index in [-0.39, 0.29) is 11.7 Å². The normalized spacial score (nSPS) is 16.5. The molecule has 1 aromatic rings. The van der Waals surface area contributed by atoms with Crippen molar-refractivity contribution in [3.63, 3.8) is 0 Å². The van der Waals surface area contributed by atoms with Gasteiger partial charge in [0.15, 0.2) is 5.78 Å². The van der Waals surface area contributed by atoms with Crippen LogP contribution in [0.3, 0.4) is 0 Å². The molecule has 4 nitrogen and oxygen atoms in total. The van der Waals surface area contributed by atoms with Crippen LogP contribution in [0.15, 0.2) is 12.3 Å². The highest BCUT2D eigenvalue weighted by Gasteiger charge is 2.27. The van der Waals surface area contributed by atoms with Gasteiger partial charge in [0.1, 0.15) is 0 Å². The molecule has 0 radical (unpaired) electrons. The van der Waals surface area contributed by atoms with Crippen LogP contribution in [0.2, 0.25) is 0 Å². The second-order valence-corrected chi connectivity index (χ2v) is 3.76. The fourth-order valence-electron chi connectivity index (χ4n) is 1.91. The van der Waals surface area contributed by atoms with E-state index in [0.29, 0.717) is 24.2 Å². The first-order valence-corrected chi connectivity index (χ1v) is 5.13. The lowest BCUT2D eigenvalue weighted by atomic mass is 10.1. The molecule has 0 N–H and O–H groups in total. The van der Waals surface area contributed by atoms with Gasteiger partial charge in [-0.25, -0.2) is 0 Å². The van der Waals surface area contributed by atoms with Crippen molar-refractivity contribution < 1.29 is 9.59 Å². The van der Waals surface area contributed by atoms with Gasteiger partial charge in [-0.1, -0.05) is 0 Å². The minimum absolute atomic E-state index is 0.0527. The number of carbonyl (C=O) groups excluding carboxylic acids is 2. The van der Waals surface area contributed by atoms with Crippen LogP contribution in [-0.2, 0) is 6.54 Å². The Balaban J connectivity index is 2.56. The first kappa shape index (κ1) is 9.96. The standard InChI is InChI=1S/C11H14N2O2/c1-3-13-7-4-8-10(13)9(14)5-6-12(2)11(8)15/h4,7H,3,5-6H2,1-2H3. The van der Waals surface area contributed by atoms with Gasteiger partial charge in [0, 0.05) is 32.8 Å². The zero-order valence-electron chi connectivity index (χ0n) is 8.99. The summed E-state index contributed by atoms with van der Waals surface area (Å²) in [5, 5.41) is 0. The van der Waals surface area contributed by atoms with E-state index in [1.54, 1.807) is 24.2 Å². The predicted molar refractivity (Wildman–Crippen MR) is 56.0 cm³/mol. The SMILES string of the molecule is CCn1ccc2c1C(=O)CCN(C)C2=O. The highest BCUT2D eigenvalue weighted by atomic mass is 16.2. The maximum atomic E-state index is 11.9. The summed E-state index contributed by atoms with van der Waals surface area (Å²) >= 11 is 0. The molecule has 0 fully saturated rings. The lowest BCUT2D eigenvalue weighted by Gasteiger charge is -2.12. The molecule has 0 saturated carbocycles. The Hall–Kier alpha value is -1.58. The number of rotatable bonds is 1. The fourth-order valence-corrected chi connectivity index (χ4v) is 1.91. The van der Waals surface area contributed by atoms with Crippen molar-refractivity contribution >= 4 is 11.7 Å². The second-order valence-electron chi connectivity index (χ2n) is 3.76. The van der Waals surface area contributed by atoms with Crippen LogP contribution < -0.4 is 0 Å². The summed E-state index contributed by atoms with van der Waals surface area (Å²) in [4.78, 5) is 25.3. The van der Waals surface area contributed by atoms with Gasteiger partial charge < -0.3 is 9.47 Å². The third-order valence-electron chi connectivity index (χ3n) is 2.82. The van der Waals surface area contributed by atoms with E-state index in [2.05, 4.69) is 0 Å². The van der Waals surface area contributed by atoms with E-state index in [0.717, 1.165) is 6.54 Å². The smallest absolute Gasteiger partial charge is 0.255 e. The van der Waals surface area contributed by atoms with E-state index < -0.39 is 0 Å². The molecule has 0 atom stereocenters. The first-order valence-electron chi connectivity index (χ1n) is 5.13. The number of ketones is 1. The Labute approximate surface area is 88.5 Å². The Morgan fingerprint density at radius 1 is 1.40 bits per heavy atom. The third-order valence-corrected chi connectivity index (χ3v) is 2.82. The largest absolute Gasteiger partial charge is 0.345 e. The summed E-state index contributed by atoms with van der Waals surface area (Å²) < 4.78 is 1.84. The molecule has 1 aliphatic rings. The Kier molecular flexibility index (Phi) is 2.34. The van der Waals surface area contributed by atoms with Crippen LogP contribution in [0.4, 0.5) is 0 Å². The molecule has 0 aliphatic carbocycles. The maximum absolute atomic E-state index is 11.9. The van der Waals surface area contributed by atoms with Gasteiger partial charge >= 0.3 is 0 Å². The summed E-state index contributed by atoms with van der Waals surface area (Å²) in [5.41, 5.74) is 1.12. The van der Waals surface area contributed by atoms with Gasteiger partial charge in [0.2, 0.25) is 0 Å². The predicted octanol–water partition coefficient (Wildman–Crippen LogP) is 1.17. The minimum atomic E-state index is -0.0527. The van der Waals surface area contributed by atoms with Crippen molar-refractivity contribution in [3.05, 3.63) is 23.5 Å². The van der Waals surface area contributed by atoms with Crippen LogP contribution in [0, 0.1) is 0 Å². The Morgan fingerprint density at radius 2 is 2.13 bits per heavy atom. The van der Waals surface area contributed by atoms with E-state index >= 15 is 0 Å². The van der Waals surface area contributed by atoms with Crippen molar-refractivity contribution in [3.8, 4) is 0 Å². The molecule has 1 aromatic heterocycles. The number of aryl methyl sites for hydroxylation is 1. The molecule has 15 heavy (non-hydrogen) atoms. The van der Waals surface area contributed by atoms with Gasteiger partial charge in [-0.3, -0.25) is 9.59 Å². The van der Waals surface area contributed by atoms with E-state index in [1.165, 1.54) is 0 Å². The number of aromatic nitrogens is 1. The minimum Gasteiger partial charge on any atom is -0.345 e. The zero-order chi connectivity index (χ0) is 11.0. The Bertz CT molecular complexity index is 420. The molecule has 0 bridgehead atoms. The van der Waals surface area contributed by atoms with Crippen LogP contribution in [0.5, 0.6) is 0 Å².